The monoisotopic (exact) mass is 719 g/mol. The smallest absolute Gasteiger partial charge is 0.231 e. The van der Waals surface area contributed by atoms with Crippen LogP contribution in [0.1, 0.15) is 47.3 Å². The van der Waals surface area contributed by atoms with Crippen molar-refractivity contribution in [1.29, 1.82) is 0 Å². The number of hydrogen-bond donors (Lipinski definition) is 3. The number of phenolic OH excluding ortho intramolecular Hbond substituents is 1. The van der Waals surface area contributed by atoms with E-state index in [4.69, 9.17) is 30.5 Å². The first-order valence-corrected chi connectivity index (χ1v) is 16.9. The van der Waals surface area contributed by atoms with Gasteiger partial charge in [0.25, 0.3) is 0 Å². The van der Waals surface area contributed by atoms with Crippen LogP contribution in [0.5, 0.6) is 28.7 Å². The number of aliphatic hydroxyl groups is 1. The Balaban J connectivity index is 1.34. The molecule has 2 aliphatic rings. The number of fused-ring (bicyclic) bond motifs is 1. The van der Waals surface area contributed by atoms with Crippen LogP contribution >= 0.6 is 22.9 Å². The second-order valence-electron chi connectivity index (χ2n) is 11.9. The number of aromatic hydroxyl groups is 1. The van der Waals surface area contributed by atoms with Crippen molar-refractivity contribution < 1.29 is 43.5 Å². The van der Waals surface area contributed by atoms with Crippen LogP contribution in [0, 0.1) is 5.92 Å². The predicted octanol–water partition coefficient (Wildman–Crippen LogP) is 5.86. The van der Waals surface area contributed by atoms with E-state index in [-0.39, 0.29) is 64.3 Å². The number of benzene rings is 2. The Morgan fingerprint density at radius 2 is 1.88 bits per heavy atom. The zero-order valence-corrected chi connectivity index (χ0v) is 29.2. The molecule has 0 saturated carbocycles. The highest BCUT2D eigenvalue weighted by Gasteiger charge is 2.61. The molecule has 50 heavy (non-hydrogen) atoms. The lowest BCUT2D eigenvalue weighted by Gasteiger charge is -2.38. The van der Waals surface area contributed by atoms with E-state index in [0.717, 1.165) is 16.3 Å². The van der Waals surface area contributed by atoms with Crippen molar-refractivity contribution in [3.63, 3.8) is 0 Å². The third-order valence-corrected chi connectivity index (χ3v) is 10.3. The van der Waals surface area contributed by atoms with Gasteiger partial charge in [-0.05, 0) is 29.8 Å². The van der Waals surface area contributed by atoms with E-state index >= 15 is 0 Å². The maximum absolute atomic E-state index is 14.3. The number of pyridine rings is 1. The van der Waals surface area contributed by atoms with Gasteiger partial charge >= 0.3 is 0 Å². The topological polar surface area (TPSA) is 166 Å². The molecule has 260 valence electrons. The molecule has 1 aliphatic carbocycles. The number of Topliss-reactive ketones (excluding diaryl/α,β-unsaturated/α-hetero) is 2. The van der Waals surface area contributed by atoms with Crippen molar-refractivity contribution in [2.24, 2.45) is 5.92 Å². The van der Waals surface area contributed by atoms with Gasteiger partial charge in [0.05, 0.1) is 27.0 Å². The van der Waals surface area contributed by atoms with Gasteiger partial charge in [-0.1, -0.05) is 24.6 Å². The molecule has 0 fully saturated rings. The van der Waals surface area contributed by atoms with Crippen molar-refractivity contribution in [2.75, 3.05) is 27.9 Å². The van der Waals surface area contributed by atoms with Gasteiger partial charge in [-0.2, -0.15) is 0 Å². The maximum Gasteiger partial charge on any atom is 0.231 e. The van der Waals surface area contributed by atoms with E-state index in [1.165, 1.54) is 56.9 Å². The molecule has 2 aromatic carbocycles. The summed E-state index contributed by atoms with van der Waals surface area (Å²) in [6, 6.07) is 9.58. The van der Waals surface area contributed by atoms with Crippen molar-refractivity contribution in [3.05, 3.63) is 87.3 Å². The molecule has 14 heteroatoms. The number of allylic oxidation sites excluding steroid dienone is 1. The van der Waals surface area contributed by atoms with Crippen LogP contribution in [-0.4, -0.2) is 71.1 Å². The number of nitrogens with one attached hydrogen (secondary N) is 1. The molecular formula is C36H34ClN3O9S. The molecule has 1 unspecified atom stereocenters. The van der Waals surface area contributed by atoms with Gasteiger partial charge in [-0.3, -0.25) is 19.4 Å². The lowest BCUT2D eigenvalue weighted by atomic mass is 9.69. The van der Waals surface area contributed by atoms with E-state index < -0.39 is 40.7 Å². The number of thiazole rings is 1. The van der Waals surface area contributed by atoms with Crippen LogP contribution in [0.25, 0.3) is 10.6 Å². The molecule has 3 heterocycles. The molecule has 0 radical (unpaired) electrons. The quantitative estimate of drug-likeness (QED) is 0.170. The summed E-state index contributed by atoms with van der Waals surface area (Å²) in [6.45, 7) is 1.87. The number of amides is 1. The van der Waals surface area contributed by atoms with E-state index in [0.29, 0.717) is 12.0 Å². The number of ether oxygens (including phenoxy) is 4. The van der Waals surface area contributed by atoms with Crippen molar-refractivity contribution >= 4 is 40.4 Å². The van der Waals surface area contributed by atoms with Gasteiger partial charge in [-0.25, -0.2) is 4.98 Å². The maximum atomic E-state index is 14.3. The van der Waals surface area contributed by atoms with Crippen LogP contribution in [0.3, 0.4) is 0 Å². The second kappa shape index (κ2) is 14.0. The lowest BCUT2D eigenvalue weighted by molar-refractivity contribution is -0.121. The Morgan fingerprint density at radius 3 is 2.58 bits per heavy atom. The van der Waals surface area contributed by atoms with Crippen LogP contribution in [0.2, 0.25) is 5.02 Å². The summed E-state index contributed by atoms with van der Waals surface area (Å²) in [7, 11) is 4.14. The fourth-order valence-electron chi connectivity index (χ4n) is 6.47. The van der Waals surface area contributed by atoms with Gasteiger partial charge in [0, 0.05) is 72.6 Å². The molecule has 1 amide bonds. The summed E-state index contributed by atoms with van der Waals surface area (Å²) in [4.78, 5) is 50.5. The molecule has 1 aliphatic heterocycles. The Kier molecular flexibility index (Phi) is 9.72. The molecule has 2 aromatic heterocycles. The minimum atomic E-state index is -2.04. The minimum Gasteiger partial charge on any atom is -0.507 e. The van der Waals surface area contributed by atoms with Gasteiger partial charge in [0.2, 0.25) is 17.3 Å². The number of carbonyl (C=O) groups is 3. The second-order valence-corrected chi connectivity index (χ2v) is 13.2. The first-order valence-electron chi connectivity index (χ1n) is 15.7. The molecule has 0 saturated heterocycles. The SMILES string of the molecule is COc1cc(C(CC(=O)NCCc2csc(-c3cccnc3)n2)C2=C(O)[C@@]3(Oc4c(Cl)c(OC)cc(OC)c4C3=O)[C@H](C)CC2=O)ccc1O. The highest BCUT2D eigenvalue weighted by molar-refractivity contribution is 7.13. The number of phenols is 1. The number of nitrogens with zero attached hydrogens (tertiary/aromatic N) is 2. The first-order chi connectivity index (χ1) is 24.0. The van der Waals surface area contributed by atoms with E-state index in [9.17, 15) is 24.6 Å². The zero-order chi connectivity index (χ0) is 35.7. The summed E-state index contributed by atoms with van der Waals surface area (Å²) in [6.07, 6.45) is 3.39. The Labute approximate surface area is 296 Å². The number of aliphatic hydroxyl groups excluding tert-OH is 1. The fourth-order valence-corrected chi connectivity index (χ4v) is 7.58. The van der Waals surface area contributed by atoms with Gasteiger partial charge in [-0.15, -0.1) is 11.3 Å². The third-order valence-electron chi connectivity index (χ3n) is 9.02. The summed E-state index contributed by atoms with van der Waals surface area (Å²) in [5.74, 6) is -3.88. The Hall–Kier alpha value is -5.14. The minimum absolute atomic E-state index is 0.000260. The van der Waals surface area contributed by atoms with Crippen LogP contribution in [0.15, 0.2) is 65.5 Å². The van der Waals surface area contributed by atoms with Gasteiger partial charge in [0.15, 0.2) is 28.8 Å². The predicted molar refractivity (Wildman–Crippen MR) is 185 cm³/mol. The van der Waals surface area contributed by atoms with Crippen molar-refractivity contribution in [3.8, 4) is 39.3 Å². The van der Waals surface area contributed by atoms with E-state index in [2.05, 4.69) is 15.3 Å². The summed E-state index contributed by atoms with van der Waals surface area (Å²) in [5.41, 5.74) is -0.147. The average molecular weight is 720 g/mol. The zero-order valence-electron chi connectivity index (χ0n) is 27.6. The normalized spacial score (nSPS) is 18.9. The average Bonchev–Trinajstić information content (AvgIpc) is 3.71. The highest BCUT2D eigenvalue weighted by Crippen LogP contribution is 2.56. The lowest BCUT2D eigenvalue weighted by Crippen LogP contribution is -2.53. The number of ketones is 2. The van der Waals surface area contributed by atoms with E-state index in [1.807, 2.05) is 17.5 Å². The van der Waals surface area contributed by atoms with Gasteiger partial charge in [0.1, 0.15) is 27.1 Å². The number of carbonyl (C=O) groups excluding carboxylic acids is 3. The summed E-state index contributed by atoms with van der Waals surface area (Å²) >= 11 is 8.07. The number of rotatable bonds is 11. The van der Waals surface area contributed by atoms with Gasteiger partial charge < -0.3 is 34.5 Å². The molecule has 4 aromatic rings. The number of methoxy groups -OCH3 is 3. The number of aromatic nitrogens is 2. The first kappa shape index (κ1) is 34.7. The molecule has 12 nitrogen and oxygen atoms in total. The highest BCUT2D eigenvalue weighted by atomic mass is 35.5. The van der Waals surface area contributed by atoms with Crippen LogP contribution < -0.4 is 24.3 Å². The van der Waals surface area contributed by atoms with Crippen LogP contribution in [0.4, 0.5) is 0 Å². The fraction of sp³-hybridized carbons (Fsp3) is 0.306. The molecule has 3 atom stereocenters. The van der Waals surface area contributed by atoms with Crippen molar-refractivity contribution in [2.45, 2.75) is 37.7 Å². The molecule has 0 bridgehead atoms. The standard InChI is InChI=1S/C36H34ClN3O9S/c1-18-12-24(42)29(33(44)36(18)34(45)30-26(47-3)15-27(48-4)31(37)32(30)49-36)22(19-7-8-23(41)25(13-19)46-2)14-28(43)39-11-9-21-17-50-35(40-21)20-6-5-10-38-16-20/h5-8,10,13,15-18,22,41,44H,9,11-12,14H2,1-4H3,(H,39,43)/t18-,22?,36+/m1/s1. The number of hydrogen-bond acceptors (Lipinski definition) is 12. The van der Waals surface area contributed by atoms with E-state index in [1.54, 1.807) is 19.3 Å². The summed E-state index contributed by atoms with van der Waals surface area (Å²) < 4.78 is 22.4. The Morgan fingerprint density at radius 1 is 1.12 bits per heavy atom. The largest absolute Gasteiger partial charge is 0.507 e. The third kappa shape index (κ3) is 6.00. The molecule has 1 spiro atoms. The van der Waals surface area contributed by atoms with Crippen molar-refractivity contribution in [1.82, 2.24) is 15.3 Å². The van der Waals surface area contributed by atoms with Crippen LogP contribution in [-0.2, 0) is 16.0 Å². The molecule has 6 rings (SSSR count). The number of halogens is 1. The summed E-state index contributed by atoms with van der Waals surface area (Å²) in [5, 5.41) is 28.0. The molecule has 3 N–H and O–H groups in total. The molecular weight excluding hydrogens is 686 g/mol. The Bertz CT molecular complexity index is 2020.